The maximum atomic E-state index is 12.4. The molecule has 0 aliphatic carbocycles. The largest absolute Gasteiger partial charge is 0.349 e. The normalized spacial score (nSPS) is 12.0. The maximum Gasteiger partial charge on any atom is 0.251 e. The van der Waals surface area contributed by atoms with Gasteiger partial charge in [0.2, 0.25) is 10.0 Å². The summed E-state index contributed by atoms with van der Waals surface area (Å²) in [5.41, 5.74) is 1.10. The first kappa shape index (κ1) is 19.5. The number of rotatable bonds is 7. The van der Waals surface area contributed by atoms with Crippen LogP contribution in [-0.4, -0.2) is 33.2 Å². The number of carbonyl (C=O) groups is 1. The molecule has 0 saturated heterocycles. The van der Waals surface area contributed by atoms with Crippen molar-refractivity contribution in [1.82, 2.24) is 5.32 Å². The van der Waals surface area contributed by atoms with Crippen LogP contribution in [0.4, 0.5) is 5.69 Å². The molecule has 0 spiro atoms. The van der Waals surface area contributed by atoms with Crippen molar-refractivity contribution in [3.8, 4) is 0 Å². The van der Waals surface area contributed by atoms with Gasteiger partial charge in [0.05, 0.1) is 11.9 Å². The minimum absolute atomic E-state index is 0.102. The molecule has 0 unspecified atom stereocenters. The summed E-state index contributed by atoms with van der Waals surface area (Å²) in [7, 11) is -3.31. The quantitative estimate of drug-likeness (QED) is 0.830. The topological polar surface area (TPSA) is 66.5 Å². The molecule has 130 valence electrons. The zero-order valence-corrected chi connectivity index (χ0v) is 15.6. The third kappa shape index (κ3) is 5.23. The van der Waals surface area contributed by atoms with Crippen molar-refractivity contribution < 1.29 is 13.2 Å². The fourth-order valence-electron chi connectivity index (χ4n) is 2.73. The summed E-state index contributed by atoms with van der Waals surface area (Å²) < 4.78 is 24.8. The van der Waals surface area contributed by atoms with E-state index in [0.29, 0.717) is 29.6 Å². The summed E-state index contributed by atoms with van der Waals surface area (Å²) in [5.74, 6) is 0.560. The third-order valence-corrected chi connectivity index (χ3v) is 5.11. The second-order valence-electron chi connectivity index (χ2n) is 6.46. The molecule has 0 aliphatic heterocycles. The van der Waals surface area contributed by atoms with Crippen LogP contribution in [0.15, 0.2) is 24.3 Å². The van der Waals surface area contributed by atoms with E-state index in [9.17, 15) is 13.2 Å². The summed E-state index contributed by atoms with van der Waals surface area (Å²) >= 11 is 0. The lowest BCUT2D eigenvalue weighted by Crippen LogP contribution is -2.42. The van der Waals surface area contributed by atoms with E-state index in [-0.39, 0.29) is 11.9 Å². The second-order valence-corrected chi connectivity index (χ2v) is 8.37. The molecular weight excluding hydrogens is 312 g/mol. The summed E-state index contributed by atoms with van der Waals surface area (Å²) in [5, 5.41) is 3.05. The molecule has 0 heterocycles. The molecule has 1 aromatic carbocycles. The molecule has 0 saturated carbocycles. The van der Waals surface area contributed by atoms with Gasteiger partial charge < -0.3 is 5.32 Å². The fraction of sp³-hybridized carbons (Fsp3) is 0.588. The Morgan fingerprint density at radius 1 is 1.09 bits per heavy atom. The van der Waals surface area contributed by atoms with Gasteiger partial charge in [-0.25, -0.2) is 8.42 Å². The number of carbonyl (C=O) groups excluding carboxylic acids is 1. The summed E-state index contributed by atoms with van der Waals surface area (Å²) in [4.78, 5) is 12.4. The van der Waals surface area contributed by atoms with Crippen molar-refractivity contribution in [2.24, 2.45) is 11.8 Å². The summed E-state index contributed by atoms with van der Waals surface area (Å²) in [6.45, 7) is 10.5. The summed E-state index contributed by atoms with van der Waals surface area (Å²) in [6, 6.07) is 6.76. The van der Waals surface area contributed by atoms with Gasteiger partial charge in [0, 0.05) is 18.2 Å². The lowest BCUT2D eigenvalue weighted by Gasteiger charge is -2.26. The van der Waals surface area contributed by atoms with Gasteiger partial charge in [0.15, 0.2) is 0 Å². The third-order valence-electron chi connectivity index (χ3n) is 3.84. The van der Waals surface area contributed by atoms with Gasteiger partial charge in [-0.2, -0.15) is 0 Å². The highest BCUT2D eigenvalue weighted by Crippen LogP contribution is 2.19. The van der Waals surface area contributed by atoms with Crippen molar-refractivity contribution in [2.45, 2.75) is 40.7 Å². The number of nitrogens with one attached hydrogen (secondary N) is 1. The number of nitrogens with zero attached hydrogens (tertiary/aromatic N) is 1. The molecule has 5 nitrogen and oxygen atoms in total. The van der Waals surface area contributed by atoms with Gasteiger partial charge in [-0.3, -0.25) is 9.10 Å². The maximum absolute atomic E-state index is 12.4. The molecule has 0 radical (unpaired) electrons. The summed E-state index contributed by atoms with van der Waals surface area (Å²) in [6.07, 6.45) is 1.17. The van der Waals surface area contributed by atoms with Crippen LogP contribution in [0, 0.1) is 11.8 Å². The van der Waals surface area contributed by atoms with Gasteiger partial charge in [-0.15, -0.1) is 0 Å². The Labute approximate surface area is 140 Å². The van der Waals surface area contributed by atoms with Gasteiger partial charge in [0.1, 0.15) is 0 Å². The van der Waals surface area contributed by atoms with Crippen molar-refractivity contribution in [3.63, 3.8) is 0 Å². The lowest BCUT2D eigenvalue weighted by molar-refractivity contribution is 0.0910. The Morgan fingerprint density at radius 3 is 1.91 bits per heavy atom. The van der Waals surface area contributed by atoms with E-state index in [1.807, 2.05) is 0 Å². The Balaban J connectivity index is 2.94. The molecule has 6 heteroatoms. The van der Waals surface area contributed by atoms with Crippen molar-refractivity contribution in [3.05, 3.63) is 29.8 Å². The highest BCUT2D eigenvalue weighted by Gasteiger charge is 2.21. The molecule has 1 N–H and O–H groups in total. The van der Waals surface area contributed by atoms with E-state index in [1.165, 1.54) is 10.6 Å². The average Bonchev–Trinajstić information content (AvgIpc) is 2.43. The predicted octanol–water partition coefficient (Wildman–Crippen LogP) is 2.88. The predicted molar refractivity (Wildman–Crippen MR) is 95.2 cm³/mol. The van der Waals surface area contributed by atoms with Crippen LogP contribution in [0.2, 0.25) is 0 Å². The number of sulfonamides is 1. The van der Waals surface area contributed by atoms with Crippen molar-refractivity contribution in [2.75, 3.05) is 17.1 Å². The smallest absolute Gasteiger partial charge is 0.251 e. The number of hydrogen-bond acceptors (Lipinski definition) is 3. The molecular formula is C17H28N2O3S. The van der Waals surface area contributed by atoms with Gasteiger partial charge in [-0.05, 0) is 43.0 Å². The van der Waals surface area contributed by atoms with Gasteiger partial charge >= 0.3 is 0 Å². The van der Waals surface area contributed by atoms with Crippen LogP contribution in [0.1, 0.15) is 45.0 Å². The van der Waals surface area contributed by atoms with Crippen LogP contribution in [0.25, 0.3) is 0 Å². The molecule has 0 bridgehead atoms. The van der Waals surface area contributed by atoms with Crippen LogP contribution in [0.3, 0.4) is 0 Å². The van der Waals surface area contributed by atoms with Crippen molar-refractivity contribution in [1.29, 1.82) is 0 Å². The number of anilines is 1. The van der Waals surface area contributed by atoms with Crippen LogP contribution < -0.4 is 9.62 Å². The Morgan fingerprint density at radius 2 is 1.57 bits per heavy atom. The zero-order chi connectivity index (χ0) is 17.8. The Bertz CT molecular complexity index is 614. The minimum Gasteiger partial charge on any atom is -0.349 e. The van der Waals surface area contributed by atoms with E-state index in [1.54, 1.807) is 31.2 Å². The van der Waals surface area contributed by atoms with Gasteiger partial charge in [0.25, 0.3) is 5.91 Å². The van der Waals surface area contributed by atoms with Crippen molar-refractivity contribution >= 4 is 21.6 Å². The Hall–Kier alpha value is -1.56. The molecule has 23 heavy (non-hydrogen) atoms. The molecule has 0 aromatic heterocycles. The van der Waals surface area contributed by atoms with Crippen LogP contribution in [0.5, 0.6) is 0 Å². The molecule has 0 atom stereocenters. The number of hydrogen-bond donors (Lipinski definition) is 1. The average molecular weight is 340 g/mol. The first-order valence-corrected chi connectivity index (χ1v) is 9.81. The first-order valence-electron chi connectivity index (χ1n) is 7.96. The SMILES string of the molecule is CCN(c1ccc(C(=O)NC(C(C)C)C(C)C)cc1)S(C)(=O)=O. The van der Waals surface area contributed by atoms with E-state index in [2.05, 4.69) is 33.0 Å². The molecule has 0 aliphatic rings. The number of benzene rings is 1. The molecule has 1 aromatic rings. The Kier molecular flexibility index (Phi) is 6.62. The molecule has 1 amide bonds. The second kappa shape index (κ2) is 7.81. The highest BCUT2D eigenvalue weighted by atomic mass is 32.2. The number of amides is 1. The van der Waals surface area contributed by atoms with Crippen LogP contribution >= 0.6 is 0 Å². The molecule has 0 fully saturated rings. The van der Waals surface area contributed by atoms with E-state index in [0.717, 1.165) is 0 Å². The van der Waals surface area contributed by atoms with E-state index < -0.39 is 10.0 Å². The van der Waals surface area contributed by atoms with E-state index >= 15 is 0 Å². The first-order chi connectivity index (χ1) is 10.6. The molecule has 1 rings (SSSR count). The minimum atomic E-state index is -3.31. The zero-order valence-electron chi connectivity index (χ0n) is 14.8. The standard InChI is InChI=1S/C17H28N2O3S/c1-7-19(23(6,21)22)15-10-8-14(9-11-15)17(20)18-16(12(2)3)13(4)5/h8-13,16H,7H2,1-6H3,(H,18,20). The lowest BCUT2D eigenvalue weighted by atomic mass is 9.93. The van der Waals surface area contributed by atoms with E-state index in [4.69, 9.17) is 0 Å². The monoisotopic (exact) mass is 340 g/mol. The van der Waals surface area contributed by atoms with Gasteiger partial charge in [-0.1, -0.05) is 27.7 Å². The fourth-order valence-corrected chi connectivity index (χ4v) is 3.70. The van der Waals surface area contributed by atoms with Crippen LogP contribution in [-0.2, 0) is 10.0 Å². The highest BCUT2D eigenvalue weighted by molar-refractivity contribution is 7.92.